The van der Waals surface area contributed by atoms with Crippen LogP contribution in [0.1, 0.15) is 51.9 Å². The predicted octanol–water partition coefficient (Wildman–Crippen LogP) is 2.37. The van der Waals surface area contributed by atoms with Crippen LogP contribution in [0, 0.1) is 11.3 Å². The van der Waals surface area contributed by atoms with Crippen LogP contribution < -0.4 is 5.73 Å². The van der Waals surface area contributed by atoms with Gasteiger partial charge in [-0.05, 0) is 43.4 Å². The summed E-state index contributed by atoms with van der Waals surface area (Å²) in [4.78, 5) is 7.10. The molecule has 2 atom stereocenters. The monoisotopic (exact) mass is 235 g/mol. The molecule has 0 bridgehead atoms. The molecule has 3 fully saturated rings. The molecule has 3 nitrogen and oxygen atoms in total. The summed E-state index contributed by atoms with van der Waals surface area (Å²) in [6.07, 6.45) is 9.52. The molecule has 0 amide bonds. The average Bonchev–Trinajstić information content (AvgIpc) is 2.74. The van der Waals surface area contributed by atoms with Crippen LogP contribution in [0.3, 0.4) is 0 Å². The minimum atomic E-state index is 0.558. The summed E-state index contributed by atoms with van der Waals surface area (Å²) in [7, 11) is 0. The molecular formula is C14H25N3. The fourth-order valence-corrected chi connectivity index (χ4v) is 3.76. The Morgan fingerprint density at radius 3 is 2.76 bits per heavy atom. The molecule has 1 aliphatic heterocycles. The van der Waals surface area contributed by atoms with Gasteiger partial charge in [-0.3, -0.25) is 0 Å². The van der Waals surface area contributed by atoms with Crippen LogP contribution in [0.15, 0.2) is 4.99 Å². The Labute approximate surface area is 104 Å². The minimum absolute atomic E-state index is 0.558. The van der Waals surface area contributed by atoms with Gasteiger partial charge in [-0.25, -0.2) is 4.99 Å². The van der Waals surface area contributed by atoms with Crippen molar-refractivity contribution in [2.45, 2.75) is 57.9 Å². The Hall–Kier alpha value is -0.730. The number of hydrogen-bond donors (Lipinski definition) is 1. The average molecular weight is 235 g/mol. The van der Waals surface area contributed by atoms with Crippen molar-refractivity contribution in [3.8, 4) is 0 Å². The van der Waals surface area contributed by atoms with Gasteiger partial charge < -0.3 is 10.6 Å². The second-order valence-electron chi connectivity index (χ2n) is 6.47. The summed E-state index contributed by atoms with van der Waals surface area (Å²) in [5.74, 6) is 1.60. The van der Waals surface area contributed by atoms with Crippen LogP contribution in [-0.4, -0.2) is 30.0 Å². The first-order valence-electron chi connectivity index (χ1n) is 7.28. The topological polar surface area (TPSA) is 41.6 Å². The quantitative estimate of drug-likeness (QED) is 0.560. The Morgan fingerprint density at radius 2 is 2.06 bits per heavy atom. The van der Waals surface area contributed by atoms with E-state index >= 15 is 0 Å². The minimum Gasteiger partial charge on any atom is -0.370 e. The molecule has 96 valence electrons. The van der Waals surface area contributed by atoms with E-state index in [1.54, 1.807) is 0 Å². The van der Waals surface area contributed by atoms with E-state index in [9.17, 15) is 0 Å². The first-order chi connectivity index (χ1) is 8.20. The molecule has 17 heavy (non-hydrogen) atoms. The number of piperidine rings is 1. The van der Waals surface area contributed by atoms with Crippen molar-refractivity contribution >= 4 is 5.96 Å². The van der Waals surface area contributed by atoms with Gasteiger partial charge in [0.05, 0.1) is 6.04 Å². The second-order valence-corrected chi connectivity index (χ2v) is 6.47. The number of hydrogen-bond acceptors (Lipinski definition) is 1. The molecule has 0 aromatic heterocycles. The van der Waals surface area contributed by atoms with Gasteiger partial charge in [0.15, 0.2) is 5.96 Å². The largest absolute Gasteiger partial charge is 0.370 e. The zero-order valence-electron chi connectivity index (χ0n) is 11.0. The highest BCUT2D eigenvalue weighted by atomic mass is 15.3. The van der Waals surface area contributed by atoms with Gasteiger partial charge in [0.25, 0.3) is 0 Å². The molecule has 2 N–H and O–H groups in total. The molecule has 2 aliphatic carbocycles. The molecule has 1 spiro atoms. The van der Waals surface area contributed by atoms with Gasteiger partial charge in [-0.1, -0.05) is 19.8 Å². The normalized spacial score (nSPS) is 36.5. The lowest BCUT2D eigenvalue weighted by molar-refractivity contribution is 0.270. The molecule has 3 aliphatic rings. The zero-order valence-corrected chi connectivity index (χ0v) is 11.0. The van der Waals surface area contributed by atoms with Crippen LogP contribution in [0.5, 0.6) is 0 Å². The third-order valence-electron chi connectivity index (χ3n) is 5.02. The van der Waals surface area contributed by atoms with Crippen molar-refractivity contribution in [1.29, 1.82) is 0 Å². The summed E-state index contributed by atoms with van der Waals surface area (Å²) in [5, 5.41) is 0. The van der Waals surface area contributed by atoms with Crippen molar-refractivity contribution in [3.63, 3.8) is 0 Å². The Balaban J connectivity index is 1.60. The van der Waals surface area contributed by atoms with E-state index in [-0.39, 0.29) is 0 Å². The Morgan fingerprint density at radius 1 is 1.29 bits per heavy atom. The van der Waals surface area contributed by atoms with Gasteiger partial charge in [-0.2, -0.15) is 0 Å². The number of aliphatic imine (C=N–C) groups is 1. The van der Waals surface area contributed by atoms with E-state index in [2.05, 4.69) is 11.8 Å². The van der Waals surface area contributed by atoms with E-state index in [4.69, 9.17) is 10.7 Å². The van der Waals surface area contributed by atoms with E-state index in [0.717, 1.165) is 25.0 Å². The molecule has 1 heterocycles. The molecule has 2 saturated carbocycles. The number of rotatable bonds is 1. The summed E-state index contributed by atoms with van der Waals surface area (Å²) in [6.45, 7) is 4.53. The third-order valence-corrected chi connectivity index (χ3v) is 5.02. The van der Waals surface area contributed by atoms with Crippen molar-refractivity contribution in [1.82, 2.24) is 4.90 Å². The van der Waals surface area contributed by atoms with Crippen LogP contribution in [0.4, 0.5) is 0 Å². The molecule has 3 rings (SSSR count). The lowest BCUT2D eigenvalue weighted by atomic mass is 10.0. The smallest absolute Gasteiger partial charge is 0.191 e. The van der Waals surface area contributed by atoms with Crippen LogP contribution in [0.25, 0.3) is 0 Å². The molecule has 0 aromatic rings. The fourth-order valence-electron chi connectivity index (χ4n) is 3.76. The van der Waals surface area contributed by atoms with E-state index in [0.29, 0.717) is 11.5 Å². The van der Waals surface area contributed by atoms with Crippen LogP contribution in [-0.2, 0) is 0 Å². The first-order valence-corrected chi connectivity index (χ1v) is 7.28. The summed E-state index contributed by atoms with van der Waals surface area (Å²) in [6, 6.07) is 0.558. The van der Waals surface area contributed by atoms with Gasteiger partial charge in [0.2, 0.25) is 0 Å². The lowest BCUT2D eigenvalue weighted by Gasteiger charge is -2.31. The third kappa shape index (κ3) is 2.16. The molecule has 3 heteroatoms. The predicted molar refractivity (Wildman–Crippen MR) is 70.9 cm³/mol. The van der Waals surface area contributed by atoms with E-state index in [1.807, 2.05) is 0 Å². The highest BCUT2D eigenvalue weighted by Gasteiger charge is 2.55. The van der Waals surface area contributed by atoms with Gasteiger partial charge in [0.1, 0.15) is 0 Å². The summed E-state index contributed by atoms with van der Waals surface area (Å²) >= 11 is 0. The molecular weight excluding hydrogens is 210 g/mol. The zero-order chi connectivity index (χ0) is 11.9. The van der Waals surface area contributed by atoms with E-state index in [1.165, 1.54) is 44.9 Å². The van der Waals surface area contributed by atoms with Gasteiger partial charge >= 0.3 is 0 Å². The number of nitrogens with two attached hydrogens (primary N) is 1. The van der Waals surface area contributed by atoms with Crippen molar-refractivity contribution < 1.29 is 0 Å². The summed E-state index contributed by atoms with van der Waals surface area (Å²) < 4.78 is 0. The van der Waals surface area contributed by atoms with Crippen molar-refractivity contribution in [3.05, 3.63) is 0 Å². The molecule has 1 saturated heterocycles. The maximum atomic E-state index is 6.18. The van der Waals surface area contributed by atoms with Crippen LogP contribution >= 0.6 is 0 Å². The molecule has 0 aromatic carbocycles. The standard InChI is InChI=1S/C14H25N3/c1-11-5-4-8-17(10-11)13(15)16-12-9-14(12)6-2-3-7-14/h11-12H,2-10H2,1H3,(H2,15,16). The van der Waals surface area contributed by atoms with Crippen LogP contribution in [0.2, 0.25) is 0 Å². The first kappa shape index (κ1) is 11.4. The van der Waals surface area contributed by atoms with Gasteiger partial charge in [-0.15, -0.1) is 0 Å². The van der Waals surface area contributed by atoms with Crippen molar-refractivity contribution in [2.75, 3.05) is 13.1 Å². The highest BCUT2D eigenvalue weighted by molar-refractivity contribution is 5.78. The van der Waals surface area contributed by atoms with Gasteiger partial charge in [0, 0.05) is 13.1 Å². The maximum absolute atomic E-state index is 6.18. The summed E-state index contributed by atoms with van der Waals surface area (Å²) in [5.41, 5.74) is 6.77. The Bertz CT molecular complexity index is 317. The Kier molecular flexibility index (Phi) is 2.80. The number of guanidine groups is 1. The second kappa shape index (κ2) is 4.18. The highest BCUT2D eigenvalue weighted by Crippen LogP contribution is 2.59. The SMILES string of the molecule is CC1CCCN(C(N)=NC2CC23CCCC3)C1. The molecule has 2 unspecified atom stereocenters. The number of nitrogens with zero attached hydrogens (tertiary/aromatic N) is 2. The molecule has 0 radical (unpaired) electrons. The van der Waals surface area contributed by atoms with E-state index < -0.39 is 0 Å². The van der Waals surface area contributed by atoms with Crippen molar-refractivity contribution in [2.24, 2.45) is 22.1 Å². The maximum Gasteiger partial charge on any atom is 0.191 e. The fraction of sp³-hybridized carbons (Fsp3) is 0.929. The lowest BCUT2D eigenvalue weighted by Crippen LogP contribution is -2.43. The number of likely N-dealkylation sites (tertiary alicyclic amines) is 1.